The first-order valence-corrected chi connectivity index (χ1v) is 5.91. The Balaban J connectivity index is 2.11. The number of nitrogens with zero attached hydrogens (tertiary/aromatic N) is 2. The van der Waals surface area contributed by atoms with Gasteiger partial charge in [-0.2, -0.15) is 0 Å². The van der Waals surface area contributed by atoms with E-state index in [2.05, 4.69) is 20.3 Å². The molecule has 0 atom stereocenters. The summed E-state index contributed by atoms with van der Waals surface area (Å²) in [6, 6.07) is 11.6. The molecule has 0 radical (unpaired) electrons. The minimum Gasteiger partial charge on any atom is -0.468 e. The van der Waals surface area contributed by atoms with Crippen LogP contribution in [0.15, 0.2) is 36.4 Å². The van der Waals surface area contributed by atoms with E-state index in [0.29, 0.717) is 5.82 Å². The zero-order chi connectivity index (χ0) is 13.7. The second-order valence-electron chi connectivity index (χ2n) is 4.05. The Morgan fingerprint density at radius 2 is 2.00 bits per heavy atom. The Hall–Kier alpha value is -2.43. The first-order valence-electron chi connectivity index (χ1n) is 5.91. The SMILES string of the molecule is COC(=O)CNc1ccc(-c2ccccc2C)nn1. The molecule has 0 unspecified atom stereocenters. The molecule has 19 heavy (non-hydrogen) atoms. The third kappa shape index (κ3) is 3.28. The van der Waals surface area contributed by atoms with Crippen molar-refractivity contribution in [1.29, 1.82) is 0 Å². The number of ether oxygens (including phenoxy) is 1. The second kappa shape index (κ2) is 5.95. The van der Waals surface area contributed by atoms with E-state index < -0.39 is 0 Å². The molecule has 0 saturated carbocycles. The third-order valence-electron chi connectivity index (χ3n) is 2.73. The summed E-state index contributed by atoms with van der Waals surface area (Å²) < 4.78 is 4.53. The van der Waals surface area contributed by atoms with Gasteiger partial charge in [0.2, 0.25) is 0 Å². The van der Waals surface area contributed by atoms with E-state index in [1.54, 1.807) is 6.07 Å². The van der Waals surface area contributed by atoms with Gasteiger partial charge >= 0.3 is 5.97 Å². The molecule has 0 amide bonds. The number of aryl methyl sites for hydroxylation is 1. The minimum absolute atomic E-state index is 0.0783. The number of methoxy groups -OCH3 is 1. The van der Waals surface area contributed by atoms with Gasteiger partial charge in [0.15, 0.2) is 0 Å². The maximum Gasteiger partial charge on any atom is 0.325 e. The van der Waals surface area contributed by atoms with Gasteiger partial charge in [0.1, 0.15) is 12.4 Å². The summed E-state index contributed by atoms with van der Waals surface area (Å²) in [5.74, 6) is 0.201. The summed E-state index contributed by atoms with van der Waals surface area (Å²) >= 11 is 0. The fourth-order valence-corrected chi connectivity index (χ4v) is 1.67. The number of benzene rings is 1. The Morgan fingerprint density at radius 1 is 1.21 bits per heavy atom. The molecule has 1 N–H and O–H groups in total. The van der Waals surface area contributed by atoms with Crippen molar-refractivity contribution in [2.45, 2.75) is 6.92 Å². The van der Waals surface area contributed by atoms with Crippen LogP contribution in [0.2, 0.25) is 0 Å². The first-order chi connectivity index (χ1) is 9.20. The predicted molar refractivity (Wildman–Crippen MR) is 72.7 cm³/mol. The van der Waals surface area contributed by atoms with Gasteiger partial charge in [-0.3, -0.25) is 4.79 Å². The fraction of sp³-hybridized carbons (Fsp3) is 0.214. The normalized spacial score (nSPS) is 10.0. The summed E-state index contributed by atoms with van der Waals surface area (Å²) in [4.78, 5) is 11.0. The summed E-state index contributed by atoms with van der Waals surface area (Å²) in [6.07, 6.45) is 0. The number of nitrogens with one attached hydrogen (secondary N) is 1. The minimum atomic E-state index is -0.343. The molecule has 5 heteroatoms. The van der Waals surface area contributed by atoms with Crippen LogP contribution in [0.25, 0.3) is 11.3 Å². The third-order valence-corrected chi connectivity index (χ3v) is 2.73. The van der Waals surface area contributed by atoms with Crippen LogP contribution < -0.4 is 5.32 Å². The molecular formula is C14H15N3O2. The van der Waals surface area contributed by atoms with Crippen molar-refractivity contribution in [1.82, 2.24) is 10.2 Å². The van der Waals surface area contributed by atoms with Crippen LogP contribution in [-0.2, 0) is 9.53 Å². The molecule has 5 nitrogen and oxygen atoms in total. The Labute approximate surface area is 111 Å². The molecule has 1 heterocycles. The van der Waals surface area contributed by atoms with Crippen LogP contribution in [0.3, 0.4) is 0 Å². The van der Waals surface area contributed by atoms with E-state index in [9.17, 15) is 4.79 Å². The van der Waals surface area contributed by atoms with Gasteiger partial charge in [-0.25, -0.2) is 0 Å². The van der Waals surface area contributed by atoms with Crippen LogP contribution in [-0.4, -0.2) is 29.8 Å². The number of aromatic nitrogens is 2. The lowest BCUT2D eigenvalue weighted by molar-refractivity contribution is -0.138. The van der Waals surface area contributed by atoms with Gasteiger partial charge in [-0.1, -0.05) is 24.3 Å². The second-order valence-corrected chi connectivity index (χ2v) is 4.05. The van der Waals surface area contributed by atoms with Gasteiger partial charge in [0, 0.05) is 5.56 Å². The Bertz CT molecular complexity index is 567. The topological polar surface area (TPSA) is 64.1 Å². The van der Waals surface area contributed by atoms with Gasteiger partial charge in [0.25, 0.3) is 0 Å². The molecule has 0 aliphatic heterocycles. The molecule has 2 rings (SSSR count). The highest BCUT2D eigenvalue weighted by Gasteiger charge is 2.05. The number of carbonyl (C=O) groups is 1. The number of carbonyl (C=O) groups excluding carboxylic acids is 1. The Kier molecular flexibility index (Phi) is 4.07. The molecule has 0 fully saturated rings. The van der Waals surface area contributed by atoms with Gasteiger partial charge < -0.3 is 10.1 Å². The lowest BCUT2D eigenvalue weighted by Crippen LogP contribution is -2.15. The maximum absolute atomic E-state index is 11.0. The number of hydrogen-bond acceptors (Lipinski definition) is 5. The molecule has 2 aromatic rings. The van der Waals surface area contributed by atoms with E-state index in [0.717, 1.165) is 16.8 Å². The lowest BCUT2D eigenvalue weighted by atomic mass is 10.1. The molecule has 1 aromatic heterocycles. The van der Waals surface area contributed by atoms with Crippen molar-refractivity contribution >= 4 is 11.8 Å². The Morgan fingerprint density at radius 3 is 2.63 bits per heavy atom. The van der Waals surface area contributed by atoms with Gasteiger partial charge in [-0.15, -0.1) is 10.2 Å². The molecule has 98 valence electrons. The zero-order valence-corrected chi connectivity index (χ0v) is 10.9. The van der Waals surface area contributed by atoms with Crippen LogP contribution in [0.5, 0.6) is 0 Å². The molecule has 0 bridgehead atoms. The summed E-state index contributed by atoms with van der Waals surface area (Å²) in [5.41, 5.74) is 3.00. The van der Waals surface area contributed by atoms with Crippen LogP contribution in [0.1, 0.15) is 5.56 Å². The van der Waals surface area contributed by atoms with E-state index in [-0.39, 0.29) is 12.5 Å². The highest BCUT2D eigenvalue weighted by Crippen LogP contribution is 2.20. The van der Waals surface area contributed by atoms with Crippen LogP contribution >= 0.6 is 0 Å². The van der Waals surface area contributed by atoms with Gasteiger partial charge in [-0.05, 0) is 24.6 Å². The molecule has 0 saturated heterocycles. The highest BCUT2D eigenvalue weighted by molar-refractivity contribution is 5.74. The number of anilines is 1. The zero-order valence-electron chi connectivity index (χ0n) is 10.9. The number of esters is 1. The van der Waals surface area contributed by atoms with Crippen molar-refractivity contribution in [2.24, 2.45) is 0 Å². The monoisotopic (exact) mass is 257 g/mol. The van der Waals surface area contributed by atoms with Crippen LogP contribution in [0, 0.1) is 6.92 Å². The first kappa shape index (κ1) is 13.0. The van der Waals surface area contributed by atoms with E-state index >= 15 is 0 Å². The highest BCUT2D eigenvalue weighted by atomic mass is 16.5. The summed E-state index contributed by atoms with van der Waals surface area (Å²) in [5, 5.41) is 11.0. The number of hydrogen-bond donors (Lipinski definition) is 1. The average Bonchev–Trinajstić information content (AvgIpc) is 2.46. The summed E-state index contributed by atoms with van der Waals surface area (Å²) in [6.45, 7) is 2.11. The molecular weight excluding hydrogens is 242 g/mol. The van der Waals surface area contributed by atoms with E-state index in [1.807, 2.05) is 37.3 Å². The molecule has 0 aliphatic rings. The van der Waals surface area contributed by atoms with Crippen LogP contribution in [0.4, 0.5) is 5.82 Å². The van der Waals surface area contributed by atoms with Crippen molar-refractivity contribution in [3.05, 3.63) is 42.0 Å². The lowest BCUT2D eigenvalue weighted by Gasteiger charge is -2.06. The van der Waals surface area contributed by atoms with Crippen molar-refractivity contribution in [3.8, 4) is 11.3 Å². The quantitative estimate of drug-likeness (QED) is 0.849. The molecule has 0 aliphatic carbocycles. The predicted octanol–water partition coefficient (Wildman–Crippen LogP) is 2.04. The summed E-state index contributed by atoms with van der Waals surface area (Å²) in [7, 11) is 1.34. The largest absolute Gasteiger partial charge is 0.468 e. The van der Waals surface area contributed by atoms with Crippen molar-refractivity contribution in [2.75, 3.05) is 19.0 Å². The smallest absolute Gasteiger partial charge is 0.325 e. The maximum atomic E-state index is 11.0. The van der Waals surface area contributed by atoms with E-state index in [1.165, 1.54) is 7.11 Å². The fourth-order valence-electron chi connectivity index (χ4n) is 1.67. The number of rotatable bonds is 4. The standard InChI is InChI=1S/C14H15N3O2/c1-10-5-3-4-6-11(10)12-7-8-13(17-16-12)15-9-14(18)19-2/h3-8H,9H2,1-2H3,(H,15,17). The van der Waals surface area contributed by atoms with Crippen molar-refractivity contribution < 1.29 is 9.53 Å². The molecule has 0 spiro atoms. The van der Waals surface area contributed by atoms with Gasteiger partial charge in [0.05, 0.1) is 12.8 Å². The van der Waals surface area contributed by atoms with E-state index in [4.69, 9.17) is 0 Å². The molecule has 1 aromatic carbocycles. The average molecular weight is 257 g/mol. The van der Waals surface area contributed by atoms with Crippen molar-refractivity contribution in [3.63, 3.8) is 0 Å².